The number of benzene rings is 1. The molecule has 0 amide bonds. The van der Waals surface area contributed by atoms with Crippen LogP contribution in [0.1, 0.15) is 18.9 Å². The lowest BCUT2D eigenvalue weighted by Gasteiger charge is -2.23. The van der Waals surface area contributed by atoms with Gasteiger partial charge in [0.1, 0.15) is 0 Å². The molecule has 1 N–H and O–H groups in total. The second-order valence-corrected chi connectivity index (χ2v) is 4.72. The van der Waals surface area contributed by atoms with Gasteiger partial charge in [-0.2, -0.15) is 0 Å². The van der Waals surface area contributed by atoms with Crippen LogP contribution in [0, 0.1) is 0 Å². The van der Waals surface area contributed by atoms with Crippen molar-refractivity contribution in [1.29, 1.82) is 0 Å². The highest BCUT2D eigenvalue weighted by Gasteiger charge is 2.20. The van der Waals surface area contributed by atoms with Gasteiger partial charge in [0, 0.05) is 12.4 Å². The molecule has 3 nitrogen and oxygen atoms in total. The fraction of sp³-hybridized carbons (Fsp3) is 0.357. The standard InChI is InChI=1S/C14H18N2O/c1-14(17,11-16-10-9-15-12-16)8-7-13-5-3-2-4-6-13/h2-6,9-10,12,17H,7-8,11H2,1H3. The minimum atomic E-state index is -0.698. The minimum absolute atomic E-state index is 0.583. The Morgan fingerprint density at radius 2 is 2.06 bits per heavy atom. The Morgan fingerprint density at radius 3 is 2.71 bits per heavy atom. The average molecular weight is 230 g/mol. The molecule has 90 valence electrons. The van der Waals surface area contributed by atoms with Gasteiger partial charge in [-0.15, -0.1) is 0 Å². The smallest absolute Gasteiger partial charge is 0.0946 e. The van der Waals surface area contributed by atoms with Crippen LogP contribution in [0.5, 0.6) is 0 Å². The van der Waals surface area contributed by atoms with Gasteiger partial charge in [0.05, 0.1) is 18.5 Å². The summed E-state index contributed by atoms with van der Waals surface area (Å²) in [5, 5.41) is 10.3. The van der Waals surface area contributed by atoms with Crippen LogP contribution in [-0.4, -0.2) is 20.3 Å². The van der Waals surface area contributed by atoms with Crippen molar-refractivity contribution >= 4 is 0 Å². The van der Waals surface area contributed by atoms with Crippen molar-refractivity contribution in [2.75, 3.05) is 0 Å². The number of aryl methyl sites for hydroxylation is 1. The summed E-state index contributed by atoms with van der Waals surface area (Å²) in [6.45, 7) is 2.45. The molecule has 0 saturated heterocycles. The highest BCUT2D eigenvalue weighted by Crippen LogP contribution is 2.16. The molecule has 1 unspecified atom stereocenters. The van der Waals surface area contributed by atoms with Gasteiger partial charge in [-0.05, 0) is 25.3 Å². The third kappa shape index (κ3) is 3.71. The lowest BCUT2D eigenvalue weighted by molar-refractivity contribution is 0.0334. The van der Waals surface area contributed by atoms with Gasteiger partial charge < -0.3 is 9.67 Å². The molecule has 0 fully saturated rings. The molecule has 0 radical (unpaired) electrons. The van der Waals surface area contributed by atoms with Crippen LogP contribution in [0.25, 0.3) is 0 Å². The van der Waals surface area contributed by atoms with E-state index in [0.717, 1.165) is 12.8 Å². The third-order valence-electron chi connectivity index (χ3n) is 2.88. The molecular weight excluding hydrogens is 212 g/mol. The lowest BCUT2D eigenvalue weighted by atomic mass is 9.97. The summed E-state index contributed by atoms with van der Waals surface area (Å²) in [6.07, 6.45) is 6.97. The van der Waals surface area contributed by atoms with E-state index in [-0.39, 0.29) is 0 Å². The number of imidazole rings is 1. The number of aromatic nitrogens is 2. The maximum Gasteiger partial charge on any atom is 0.0946 e. The minimum Gasteiger partial charge on any atom is -0.388 e. The van der Waals surface area contributed by atoms with Gasteiger partial charge in [0.25, 0.3) is 0 Å². The fourth-order valence-electron chi connectivity index (χ4n) is 1.91. The van der Waals surface area contributed by atoms with Gasteiger partial charge in [0.2, 0.25) is 0 Å². The molecular formula is C14H18N2O. The van der Waals surface area contributed by atoms with E-state index >= 15 is 0 Å². The van der Waals surface area contributed by atoms with Crippen molar-refractivity contribution in [3.05, 3.63) is 54.6 Å². The van der Waals surface area contributed by atoms with E-state index in [2.05, 4.69) is 17.1 Å². The summed E-state index contributed by atoms with van der Waals surface area (Å²) in [4.78, 5) is 3.98. The number of rotatable bonds is 5. The van der Waals surface area contributed by atoms with E-state index in [1.165, 1.54) is 5.56 Å². The van der Waals surface area contributed by atoms with Crippen molar-refractivity contribution in [2.45, 2.75) is 31.9 Å². The zero-order valence-corrected chi connectivity index (χ0v) is 10.1. The Labute approximate surface area is 102 Å². The van der Waals surface area contributed by atoms with Crippen LogP contribution in [0.15, 0.2) is 49.1 Å². The van der Waals surface area contributed by atoms with Crippen molar-refractivity contribution in [3.8, 4) is 0 Å². The zero-order valence-electron chi connectivity index (χ0n) is 10.1. The maximum atomic E-state index is 10.3. The molecule has 0 saturated carbocycles. The SMILES string of the molecule is CC(O)(CCc1ccccc1)Cn1ccnc1. The molecule has 1 heterocycles. The highest BCUT2D eigenvalue weighted by atomic mass is 16.3. The Kier molecular flexibility index (Phi) is 3.59. The van der Waals surface area contributed by atoms with E-state index in [4.69, 9.17) is 0 Å². The zero-order chi connectivity index (χ0) is 12.1. The predicted octanol–water partition coefficient (Wildman–Crippen LogP) is 2.27. The molecule has 2 aromatic rings. The fourth-order valence-corrected chi connectivity index (χ4v) is 1.91. The summed E-state index contributed by atoms with van der Waals surface area (Å²) < 4.78 is 1.91. The lowest BCUT2D eigenvalue weighted by Crippen LogP contribution is -2.30. The van der Waals surface area contributed by atoms with Crippen molar-refractivity contribution in [1.82, 2.24) is 9.55 Å². The second kappa shape index (κ2) is 5.15. The summed E-state index contributed by atoms with van der Waals surface area (Å²) in [7, 11) is 0. The number of nitrogens with zero attached hydrogens (tertiary/aromatic N) is 2. The van der Waals surface area contributed by atoms with E-state index in [9.17, 15) is 5.11 Å². The normalized spacial score (nSPS) is 14.5. The van der Waals surface area contributed by atoms with E-state index < -0.39 is 5.60 Å². The molecule has 0 aliphatic rings. The van der Waals surface area contributed by atoms with Crippen LogP contribution in [0.2, 0.25) is 0 Å². The third-order valence-corrected chi connectivity index (χ3v) is 2.88. The Hall–Kier alpha value is -1.61. The first-order valence-corrected chi connectivity index (χ1v) is 5.88. The molecule has 1 aromatic heterocycles. The molecule has 1 aromatic carbocycles. The van der Waals surface area contributed by atoms with Gasteiger partial charge >= 0.3 is 0 Å². The van der Waals surface area contributed by atoms with Crippen LogP contribution in [0.4, 0.5) is 0 Å². The van der Waals surface area contributed by atoms with Gasteiger partial charge in [0.15, 0.2) is 0 Å². The Bertz CT molecular complexity index is 435. The first kappa shape index (κ1) is 11.9. The second-order valence-electron chi connectivity index (χ2n) is 4.72. The van der Waals surface area contributed by atoms with E-state index in [1.54, 1.807) is 12.5 Å². The summed E-state index contributed by atoms with van der Waals surface area (Å²) in [5.74, 6) is 0. The van der Waals surface area contributed by atoms with E-state index in [0.29, 0.717) is 6.54 Å². The number of aliphatic hydroxyl groups is 1. The van der Waals surface area contributed by atoms with Crippen molar-refractivity contribution < 1.29 is 5.11 Å². The number of hydrogen-bond acceptors (Lipinski definition) is 2. The average Bonchev–Trinajstić information content (AvgIpc) is 2.80. The van der Waals surface area contributed by atoms with Crippen molar-refractivity contribution in [3.63, 3.8) is 0 Å². The molecule has 3 heteroatoms. The monoisotopic (exact) mass is 230 g/mol. The molecule has 17 heavy (non-hydrogen) atoms. The molecule has 2 rings (SSSR count). The Morgan fingerprint density at radius 1 is 1.29 bits per heavy atom. The first-order chi connectivity index (χ1) is 8.16. The van der Waals surface area contributed by atoms with Gasteiger partial charge in [-0.3, -0.25) is 0 Å². The molecule has 1 atom stereocenters. The summed E-state index contributed by atoms with van der Waals surface area (Å²) >= 11 is 0. The molecule has 0 aliphatic heterocycles. The largest absolute Gasteiger partial charge is 0.388 e. The predicted molar refractivity (Wildman–Crippen MR) is 67.6 cm³/mol. The topological polar surface area (TPSA) is 38.0 Å². The van der Waals surface area contributed by atoms with Crippen LogP contribution in [0.3, 0.4) is 0 Å². The summed E-state index contributed by atoms with van der Waals surface area (Å²) in [5.41, 5.74) is 0.565. The molecule has 0 bridgehead atoms. The Balaban J connectivity index is 1.89. The first-order valence-electron chi connectivity index (χ1n) is 5.88. The van der Waals surface area contributed by atoms with Crippen LogP contribution < -0.4 is 0 Å². The number of hydrogen-bond donors (Lipinski definition) is 1. The van der Waals surface area contributed by atoms with Gasteiger partial charge in [-0.25, -0.2) is 4.98 Å². The molecule has 0 spiro atoms. The van der Waals surface area contributed by atoms with Gasteiger partial charge in [-0.1, -0.05) is 30.3 Å². The van der Waals surface area contributed by atoms with Crippen molar-refractivity contribution in [2.24, 2.45) is 0 Å². The van der Waals surface area contributed by atoms with Crippen LogP contribution >= 0.6 is 0 Å². The maximum absolute atomic E-state index is 10.3. The highest BCUT2D eigenvalue weighted by molar-refractivity contribution is 5.14. The quantitative estimate of drug-likeness (QED) is 0.855. The summed E-state index contributed by atoms with van der Waals surface area (Å²) in [6, 6.07) is 10.2. The van der Waals surface area contributed by atoms with Crippen LogP contribution in [-0.2, 0) is 13.0 Å². The molecule has 0 aliphatic carbocycles. The van der Waals surface area contributed by atoms with E-state index in [1.807, 2.05) is 35.9 Å².